The third kappa shape index (κ3) is 5.12. The number of aromatic nitrogens is 2. The van der Waals surface area contributed by atoms with E-state index in [0.29, 0.717) is 27.5 Å². The van der Waals surface area contributed by atoms with Crippen LogP contribution in [0.2, 0.25) is 5.02 Å². The fraction of sp³-hybridized carbons (Fsp3) is 0.200. The van der Waals surface area contributed by atoms with Crippen LogP contribution < -0.4 is 9.44 Å². The van der Waals surface area contributed by atoms with E-state index in [2.05, 4.69) is 14.7 Å². The van der Waals surface area contributed by atoms with Crippen LogP contribution in [0.4, 0.5) is 0 Å². The highest BCUT2D eigenvalue weighted by atomic mass is 35.5. The maximum absolute atomic E-state index is 13.4. The van der Waals surface area contributed by atoms with Crippen molar-refractivity contribution in [2.24, 2.45) is 0 Å². The molecule has 5 rings (SSSR count). The summed E-state index contributed by atoms with van der Waals surface area (Å²) in [6.45, 7) is 1.64. The number of benzene rings is 3. The van der Waals surface area contributed by atoms with Gasteiger partial charge in [-0.15, -0.1) is 0 Å². The van der Waals surface area contributed by atoms with E-state index in [1.165, 1.54) is 6.07 Å². The first-order valence-corrected chi connectivity index (χ1v) is 14.8. The lowest BCUT2D eigenvalue weighted by Gasteiger charge is -2.19. The minimum absolute atomic E-state index is 0.0695. The topological polar surface area (TPSA) is 138 Å². The molecule has 2 heterocycles. The molecule has 1 aliphatic rings. The second kappa shape index (κ2) is 9.56. The van der Waals surface area contributed by atoms with E-state index in [1.54, 1.807) is 43.3 Å². The Morgan fingerprint density at radius 2 is 1.81 bits per heavy atom. The molecule has 9 nitrogen and oxygen atoms in total. The van der Waals surface area contributed by atoms with Gasteiger partial charge in [0.05, 0.1) is 28.4 Å². The highest BCUT2D eigenvalue weighted by molar-refractivity contribution is 7.90. The monoisotopic (exact) mass is 558 g/mol. The number of sulfonamides is 2. The predicted molar refractivity (Wildman–Crippen MR) is 140 cm³/mol. The van der Waals surface area contributed by atoms with Crippen LogP contribution >= 0.6 is 11.6 Å². The number of H-pyrrole nitrogens is 1. The van der Waals surface area contributed by atoms with Crippen LogP contribution in [0.15, 0.2) is 71.6 Å². The van der Waals surface area contributed by atoms with Crippen LogP contribution in [0, 0.1) is 6.92 Å². The molecule has 4 aromatic rings. The molecule has 1 fully saturated rings. The zero-order chi connectivity index (χ0) is 26.4. The Hall–Kier alpha value is -3.25. The fourth-order valence-electron chi connectivity index (χ4n) is 4.41. The van der Waals surface area contributed by atoms with Crippen molar-refractivity contribution >= 4 is 48.6 Å². The molecule has 2 atom stereocenters. The highest BCUT2D eigenvalue weighted by Gasteiger charge is 2.37. The zero-order valence-electron chi connectivity index (χ0n) is 19.6. The molecule has 0 radical (unpaired) electrons. The Labute approximate surface area is 219 Å². The number of para-hydroxylation sites is 2. The molecule has 12 heteroatoms. The quantitative estimate of drug-likeness (QED) is 0.316. The van der Waals surface area contributed by atoms with Crippen molar-refractivity contribution in [1.29, 1.82) is 0 Å². The van der Waals surface area contributed by atoms with Crippen molar-refractivity contribution in [3.05, 3.63) is 94.3 Å². The van der Waals surface area contributed by atoms with Crippen LogP contribution in [0.25, 0.3) is 11.0 Å². The average molecular weight is 559 g/mol. The number of halogens is 1. The van der Waals surface area contributed by atoms with Crippen LogP contribution in [0.1, 0.15) is 40.2 Å². The van der Waals surface area contributed by atoms with Crippen molar-refractivity contribution in [3.8, 4) is 0 Å². The van der Waals surface area contributed by atoms with E-state index in [-0.39, 0.29) is 17.7 Å². The van der Waals surface area contributed by atoms with Crippen molar-refractivity contribution in [2.75, 3.05) is 0 Å². The summed E-state index contributed by atoms with van der Waals surface area (Å²) in [7, 11) is -7.74. The van der Waals surface area contributed by atoms with Crippen molar-refractivity contribution in [3.63, 3.8) is 0 Å². The van der Waals surface area contributed by atoms with Gasteiger partial charge in [-0.25, -0.2) is 26.5 Å². The number of imidazole rings is 1. The summed E-state index contributed by atoms with van der Waals surface area (Å²) in [5.74, 6) is -0.105. The fourth-order valence-corrected chi connectivity index (χ4v) is 7.54. The predicted octanol–water partition coefficient (Wildman–Crippen LogP) is 3.68. The van der Waals surface area contributed by atoms with Crippen LogP contribution in [0.3, 0.4) is 0 Å². The first-order chi connectivity index (χ1) is 17.5. The summed E-state index contributed by atoms with van der Waals surface area (Å²) in [5.41, 5.74) is 3.12. The Bertz CT molecular complexity index is 1680. The summed E-state index contributed by atoms with van der Waals surface area (Å²) in [6.07, 6.45) is 0.0929. The Kier molecular flexibility index (Phi) is 6.57. The molecule has 3 aromatic carbocycles. The number of carbonyl (C=O) groups is 1. The third-order valence-corrected chi connectivity index (χ3v) is 10.1. The molecule has 1 saturated heterocycles. The van der Waals surface area contributed by atoms with E-state index in [1.807, 2.05) is 29.0 Å². The van der Waals surface area contributed by atoms with Gasteiger partial charge in [0.15, 0.2) is 0 Å². The zero-order valence-corrected chi connectivity index (χ0v) is 22.0. The summed E-state index contributed by atoms with van der Waals surface area (Å²) < 4.78 is 56.0. The molecule has 1 unspecified atom stereocenters. The van der Waals surface area contributed by atoms with Gasteiger partial charge in [0.2, 0.25) is 26.0 Å². The van der Waals surface area contributed by atoms with Gasteiger partial charge >= 0.3 is 0 Å². The standard InChI is InChI=1S/C25H23ClN4O5S2/c1-15-18(26)5-4-8-22(15)36(32,33)29-21(25-27-19-6-2-3-7-20(19)28-25)13-16-9-11-17(12-10-16)23-14-24(31)30-37(23,34)35/h2-12,21,23,29H,13-14H2,1H3,(H,27,28)(H,30,31)/t21-,23?/m0/s1. The second-order valence-electron chi connectivity index (χ2n) is 8.88. The Balaban J connectivity index is 1.48. The maximum atomic E-state index is 13.4. The summed E-state index contributed by atoms with van der Waals surface area (Å²) in [4.78, 5) is 19.5. The van der Waals surface area contributed by atoms with E-state index >= 15 is 0 Å². The van der Waals surface area contributed by atoms with Crippen LogP contribution in [-0.4, -0.2) is 32.7 Å². The molecule has 0 saturated carbocycles. The molecule has 37 heavy (non-hydrogen) atoms. The number of aromatic amines is 1. The SMILES string of the molecule is Cc1c(Cl)cccc1S(=O)(=O)N[C@@H](Cc1ccc(C2CC(=O)NS2(=O)=O)cc1)c1nc2ccccc2[nH]1. The first kappa shape index (κ1) is 25.4. The molecule has 1 aliphatic heterocycles. The molecule has 0 aliphatic carbocycles. The maximum Gasteiger partial charge on any atom is 0.242 e. The largest absolute Gasteiger partial charge is 0.341 e. The molecule has 192 valence electrons. The number of amides is 1. The van der Waals surface area contributed by atoms with E-state index < -0.39 is 37.2 Å². The van der Waals surface area contributed by atoms with Gasteiger partial charge in [-0.1, -0.05) is 54.1 Å². The van der Waals surface area contributed by atoms with Gasteiger partial charge in [-0.3, -0.25) is 9.52 Å². The number of nitrogens with one attached hydrogen (secondary N) is 3. The minimum atomic E-state index is -3.98. The van der Waals surface area contributed by atoms with Gasteiger partial charge in [0.25, 0.3) is 0 Å². The first-order valence-electron chi connectivity index (χ1n) is 11.4. The number of fused-ring (bicyclic) bond motifs is 1. The Morgan fingerprint density at radius 1 is 1.08 bits per heavy atom. The summed E-state index contributed by atoms with van der Waals surface area (Å²) in [5, 5.41) is -0.613. The molecular formula is C25H23ClN4O5S2. The summed E-state index contributed by atoms with van der Waals surface area (Å²) >= 11 is 6.18. The molecule has 3 N–H and O–H groups in total. The lowest BCUT2D eigenvalue weighted by molar-refractivity contribution is -0.118. The highest BCUT2D eigenvalue weighted by Crippen LogP contribution is 2.31. The molecule has 0 spiro atoms. The number of hydrogen-bond donors (Lipinski definition) is 3. The van der Waals surface area contributed by atoms with E-state index in [9.17, 15) is 21.6 Å². The van der Waals surface area contributed by atoms with Gasteiger partial charge in [-0.05, 0) is 54.3 Å². The number of rotatable bonds is 7. The van der Waals surface area contributed by atoms with E-state index in [4.69, 9.17) is 11.6 Å². The van der Waals surface area contributed by atoms with Crippen molar-refractivity contribution < 1.29 is 21.6 Å². The molecule has 1 aromatic heterocycles. The molecule has 1 amide bonds. The second-order valence-corrected chi connectivity index (χ2v) is 12.8. The van der Waals surface area contributed by atoms with Crippen molar-refractivity contribution in [1.82, 2.24) is 19.4 Å². The van der Waals surface area contributed by atoms with E-state index in [0.717, 1.165) is 11.1 Å². The lowest BCUT2D eigenvalue weighted by atomic mass is 10.0. The smallest absolute Gasteiger partial charge is 0.242 e. The van der Waals surface area contributed by atoms with Crippen LogP contribution in [-0.2, 0) is 31.3 Å². The Morgan fingerprint density at radius 3 is 2.49 bits per heavy atom. The van der Waals surface area contributed by atoms with Gasteiger partial charge < -0.3 is 4.98 Å². The summed E-state index contributed by atoms with van der Waals surface area (Å²) in [6, 6.07) is 18.0. The number of carbonyl (C=O) groups excluding carboxylic acids is 1. The van der Waals surface area contributed by atoms with Gasteiger partial charge in [-0.2, -0.15) is 0 Å². The lowest BCUT2D eigenvalue weighted by Crippen LogP contribution is -2.31. The minimum Gasteiger partial charge on any atom is -0.341 e. The number of nitrogens with zero attached hydrogens (tertiary/aromatic N) is 1. The molecule has 0 bridgehead atoms. The average Bonchev–Trinajstić information content (AvgIpc) is 3.40. The third-order valence-electron chi connectivity index (χ3n) is 6.34. The van der Waals surface area contributed by atoms with Gasteiger partial charge in [0.1, 0.15) is 11.1 Å². The van der Waals surface area contributed by atoms with Crippen molar-refractivity contribution in [2.45, 2.75) is 36.0 Å². The number of hydrogen-bond acceptors (Lipinski definition) is 6. The van der Waals surface area contributed by atoms with Crippen LogP contribution in [0.5, 0.6) is 0 Å². The van der Waals surface area contributed by atoms with Gasteiger partial charge in [0, 0.05) is 5.02 Å². The molecular weight excluding hydrogens is 536 g/mol. The normalized spacial score (nSPS) is 18.1.